The van der Waals surface area contributed by atoms with E-state index in [1.165, 1.54) is 0 Å². The van der Waals surface area contributed by atoms with Crippen LogP contribution in [0.3, 0.4) is 0 Å². The Morgan fingerprint density at radius 1 is 1.30 bits per heavy atom. The van der Waals surface area contributed by atoms with Gasteiger partial charge in [0.05, 0.1) is 5.69 Å². The van der Waals surface area contributed by atoms with Gasteiger partial charge in [0.2, 0.25) is 0 Å². The molecule has 1 aliphatic rings. The fourth-order valence-corrected chi connectivity index (χ4v) is 3.02. The van der Waals surface area contributed by atoms with Crippen molar-refractivity contribution in [2.24, 2.45) is 5.73 Å². The Morgan fingerprint density at radius 3 is 2.91 bits per heavy atom. The number of amides is 2. The Hall–Kier alpha value is -3.09. The number of fused-ring (bicyclic) bond motifs is 3. The van der Waals surface area contributed by atoms with E-state index in [0.29, 0.717) is 36.4 Å². The lowest BCUT2D eigenvalue weighted by atomic mass is 10.0. The number of aromatic hydroxyl groups is 1. The molecule has 3 aromatic rings. The van der Waals surface area contributed by atoms with Gasteiger partial charge in [-0.3, -0.25) is 0 Å². The SMILES string of the molecule is NC(=O)N1CCc2[nH]c3nnc(-c4ccccc4O)cc3c2C1. The highest BCUT2D eigenvalue weighted by Crippen LogP contribution is 2.31. The molecule has 116 valence electrons. The van der Waals surface area contributed by atoms with Crippen LogP contribution < -0.4 is 5.73 Å². The topological polar surface area (TPSA) is 108 Å². The third-order valence-electron chi connectivity index (χ3n) is 4.22. The van der Waals surface area contributed by atoms with E-state index in [4.69, 9.17) is 5.73 Å². The number of carbonyl (C=O) groups is 1. The van der Waals surface area contributed by atoms with E-state index in [1.54, 1.807) is 23.1 Å². The number of phenolic OH excluding ortho intramolecular Hbond substituents is 1. The van der Waals surface area contributed by atoms with Gasteiger partial charge in [-0.15, -0.1) is 10.2 Å². The summed E-state index contributed by atoms with van der Waals surface area (Å²) in [6.07, 6.45) is 0.709. The predicted molar refractivity (Wildman–Crippen MR) is 84.7 cm³/mol. The number of aromatic amines is 1. The molecule has 0 bridgehead atoms. The molecular weight excluding hydrogens is 294 g/mol. The quantitative estimate of drug-likeness (QED) is 0.636. The Morgan fingerprint density at radius 2 is 2.13 bits per heavy atom. The fraction of sp³-hybridized carbons (Fsp3) is 0.188. The van der Waals surface area contributed by atoms with Gasteiger partial charge >= 0.3 is 6.03 Å². The number of primary amides is 1. The van der Waals surface area contributed by atoms with Crippen molar-refractivity contribution in [2.75, 3.05) is 6.54 Å². The summed E-state index contributed by atoms with van der Waals surface area (Å²) >= 11 is 0. The van der Waals surface area contributed by atoms with E-state index in [0.717, 1.165) is 16.6 Å². The van der Waals surface area contributed by atoms with Crippen LogP contribution in [0.1, 0.15) is 11.3 Å². The molecule has 0 saturated carbocycles. The molecule has 4 rings (SSSR count). The Labute approximate surface area is 131 Å². The molecule has 0 aliphatic carbocycles. The lowest BCUT2D eigenvalue weighted by Gasteiger charge is -2.25. The number of phenols is 1. The zero-order valence-electron chi connectivity index (χ0n) is 12.3. The summed E-state index contributed by atoms with van der Waals surface area (Å²) in [5.74, 6) is 0.157. The maximum atomic E-state index is 11.4. The van der Waals surface area contributed by atoms with Gasteiger partial charge < -0.3 is 20.7 Å². The number of nitrogens with two attached hydrogens (primary N) is 1. The van der Waals surface area contributed by atoms with Gasteiger partial charge in [0.15, 0.2) is 5.65 Å². The minimum absolute atomic E-state index is 0.157. The number of H-pyrrole nitrogens is 1. The highest BCUT2D eigenvalue weighted by atomic mass is 16.3. The summed E-state index contributed by atoms with van der Waals surface area (Å²) in [5.41, 5.74) is 9.36. The molecule has 23 heavy (non-hydrogen) atoms. The average Bonchev–Trinajstić information content (AvgIpc) is 2.92. The number of hydrogen-bond acceptors (Lipinski definition) is 4. The molecule has 0 saturated heterocycles. The molecule has 7 heteroatoms. The van der Waals surface area contributed by atoms with Gasteiger partial charge in [-0.25, -0.2) is 4.79 Å². The van der Waals surface area contributed by atoms with Crippen molar-refractivity contribution in [3.8, 4) is 17.0 Å². The number of rotatable bonds is 1. The summed E-state index contributed by atoms with van der Waals surface area (Å²) in [6.45, 7) is 1.05. The monoisotopic (exact) mass is 309 g/mol. The second kappa shape index (κ2) is 4.98. The van der Waals surface area contributed by atoms with E-state index in [9.17, 15) is 9.90 Å². The van der Waals surface area contributed by atoms with Crippen molar-refractivity contribution in [1.82, 2.24) is 20.1 Å². The molecular formula is C16H15N5O2. The molecule has 1 aromatic carbocycles. The first-order chi connectivity index (χ1) is 11.1. The molecule has 3 heterocycles. The van der Waals surface area contributed by atoms with E-state index in [2.05, 4.69) is 15.2 Å². The van der Waals surface area contributed by atoms with Crippen LogP contribution in [0.15, 0.2) is 30.3 Å². The molecule has 0 unspecified atom stereocenters. The zero-order valence-corrected chi connectivity index (χ0v) is 12.3. The third kappa shape index (κ3) is 2.17. The first-order valence-electron chi connectivity index (χ1n) is 7.33. The normalized spacial score (nSPS) is 14.0. The van der Waals surface area contributed by atoms with Crippen LogP contribution in [-0.4, -0.2) is 37.8 Å². The Kier molecular flexibility index (Phi) is 2.94. The molecule has 0 spiro atoms. The van der Waals surface area contributed by atoms with Crippen molar-refractivity contribution < 1.29 is 9.90 Å². The Bertz CT molecular complexity index is 918. The van der Waals surface area contributed by atoms with Crippen molar-refractivity contribution in [2.45, 2.75) is 13.0 Å². The summed E-state index contributed by atoms with van der Waals surface area (Å²) in [6, 6.07) is 8.46. The molecule has 2 amide bonds. The van der Waals surface area contributed by atoms with Crippen LogP contribution in [0, 0.1) is 0 Å². The maximum absolute atomic E-state index is 11.4. The van der Waals surface area contributed by atoms with E-state index in [-0.39, 0.29) is 5.75 Å². The van der Waals surface area contributed by atoms with E-state index >= 15 is 0 Å². The number of aromatic nitrogens is 3. The maximum Gasteiger partial charge on any atom is 0.315 e. The minimum Gasteiger partial charge on any atom is -0.507 e. The average molecular weight is 309 g/mol. The van der Waals surface area contributed by atoms with Gasteiger partial charge in [0, 0.05) is 41.7 Å². The van der Waals surface area contributed by atoms with Crippen molar-refractivity contribution in [3.63, 3.8) is 0 Å². The van der Waals surface area contributed by atoms with Gasteiger partial charge in [0.25, 0.3) is 0 Å². The highest BCUT2D eigenvalue weighted by molar-refractivity contribution is 5.86. The first-order valence-corrected chi connectivity index (χ1v) is 7.33. The Balaban J connectivity index is 1.85. The van der Waals surface area contributed by atoms with Gasteiger partial charge in [-0.05, 0) is 18.2 Å². The molecule has 0 fully saturated rings. The molecule has 0 atom stereocenters. The fourth-order valence-electron chi connectivity index (χ4n) is 3.02. The van der Waals surface area contributed by atoms with Crippen LogP contribution in [0.4, 0.5) is 4.79 Å². The summed E-state index contributed by atoms with van der Waals surface area (Å²) < 4.78 is 0. The molecule has 7 nitrogen and oxygen atoms in total. The second-order valence-corrected chi connectivity index (χ2v) is 5.60. The number of nitrogens with zero attached hydrogens (tertiary/aromatic N) is 3. The predicted octanol–water partition coefficient (Wildman–Crippen LogP) is 1.77. The van der Waals surface area contributed by atoms with E-state index in [1.807, 2.05) is 12.1 Å². The number of urea groups is 1. The van der Waals surface area contributed by atoms with Crippen molar-refractivity contribution in [1.29, 1.82) is 0 Å². The summed E-state index contributed by atoms with van der Waals surface area (Å²) in [4.78, 5) is 16.3. The summed E-state index contributed by atoms with van der Waals surface area (Å²) in [5, 5.41) is 19.3. The van der Waals surface area contributed by atoms with Crippen LogP contribution in [-0.2, 0) is 13.0 Å². The minimum atomic E-state index is -0.423. The van der Waals surface area contributed by atoms with Gasteiger partial charge in [-0.1, -0.05) is 12.1 Å². The van der Waals surface area contributed by atoms with E-state index < -0.39 is 6.03 Å². The van der Waals surface area contributed by atoms with Crippen molar-refractivity contribution in [3.05, 3.63) is 41.6 Å². The van der Waals surface area contributed by atoms with Gasteiger partial charge in [-0.2, -0.15) is 0 Å². The smallest absolute Gasteiger partial charge is 0.315 e. The largest absolute Gasteiger partial charge is 0.507 e. The molecule has 2 aromatic heterocycles. The second-order valence-electron chi connectivity index (χ2n) is 5.60. The number of carbonyl (C=O) groups excluding carboxylic acids is 1. The number of para-hydroxylation sites is 1. The highest BCUT2D eigenvalue weighted by Gasteiger charge is 2.23. The standard InChI is InChI=1S/C16H15N5O2/c17-16(23)21-6-5-12-11(8-21)10-7-13(19-20-15(10)18-12)9-3-1-2-4-14(9)22/h1-4,7,22H,5-6,8H2,(H2,17,23)(H,18,20). The summed E-state index contributed by atoms with van der Waals surface area (Å²) in [7, 11) is 0. The number of nitrogens with one attached hydrogen (secondary N) is 1. The number of hydrogen-bond donors (Lipinski definition) is 3. The van der Waals surface area contributed by atoms with Gasteiger partial charge in [0.1, 0.15) is 5.75 Å². The van der Waals surface area contributed by atoms with Crippen LogP contribution in [0.5, 0.6) is 5.75 Å². The first kappa shape index (κ1) is 13.6. The van der Waals surface area contributed by atoms with Crippen LogP contribution >= 0.6 is 0 Å². The lowest BCUT2D eigenvalue weighted by Crippen LogP contribution is -2.39. The third-order valence-corrected chi connectivity index (χ3v) is 4.22. The molecule has 0 radical (unpaired) electrons. The van der Waals surface area contributed by atoms with Crippen LogP contribution in [0.2, 0.25) is 0 Å². The zero-order chi connectivity index (χ0) is 16.0. The lowest BCUT2D eigenvalue weighted by molar-refractivity contribution is 0.202. The molecule has 4 N–H and O–H groups in total. The number of benzene rings is 1. The van der Waals surface area contributed by atoms with Crippen LogP contribution in [0.25, 0.3) is 22.3 Å². The van der Waals surface area contributed by atoms with Crippen molar-refractivity contribution >= 4 is 17.1 Å². The molecule has 1 aliphatic heterocycles.